The van der Waals surface area contributed by atoms with Gasteiger partial charge in [0.15, 0.2) is 0 Å². The normalized spacial score (nSPS) is 11.1. The molecule has 0 saturated carbocycles. The average Bonchev–Trinajstić information content (AvgIpc) is 2.46. The van der Waals surface area contributed by atoms with Crippen molar-refractivity contribution in [3.63, 3.8) is 0 Å². The van der Waals surface area contributed by atoms with Crippen LogP contribution in [0.2, 0.25) is 0 Å². The Hall–Kier alpha value is -1.83. The molecule has 0 aliphatic carbocycles. The third-order valence-electron chi connectivity index (χ3n) is 2.58. The number of para-hydroxylation sites is 1. The molecular formula is C14H14N2O3S2. The maximum Gasteiger partial charge on any atom is 0.240 e. The Morgan fingerprint density at radius 1 is 1.05 bits per heavy atom. The Bertz CT molecular complexity index is 731. The van der Waals surface area contributed by atoms with Crippen LogP contribution in [0.1, 0.15) is 0 Å². The second-order valence-corrected chi connectivity index (χ2v) is 6.77. The summed E-state index contributed by atoms with van der Waals surface area (Å²) in [4.78, 5) is 12.8. The quantitative estimate of drug-likeness (QED) is 0.825. The van der Waals surface area contributed by atoms with E-state index >= 15 is 0 Å². The zero-order chi connectivity index (χ0) is 15.3. The topological polar surface area (TPSA) is 89.3 Å². The minimum atomic E-state index is -3.87. The molecule has 0 spiro atoms. The number of carbonyl (C=O) groups is 1. The van der Waals surface area contributed by atoms with E-state index in [4.69, 9.17) is 5.14 Å². The van der Waals surface area contributed by atoms with Crippen molar-refractivity contribution >= 4 is 33.4 Å². The number of primary sulfonamides is 1. The minimum absolute atomic E-state index is 0.0944. The van der Waals surface area contributed by atoms with Crippen LogP contribution in [0.5, 0.6) is 0 Å². The van der Waals surface area contributed by atoms with Crippen LogP contribution in [0.4, 0.5) is 5.69 Å². The second-order valence-electron chi connectivity index (χ2n) is 4.19. The van der Waals surface area contributed by atoms with Crippen molar-refractivity contribution in [3.8, 4) is 0 Å². The van der Waals surface area contributed by atoms with Gasteiger partial charge in [0.05, 0.1) is 11.4 Å². The molecule has 110 valence electrons. The van der Waals surface area contributed by atoms with Crippen molar-refractivity contribution in [1.29, 1.82) is 0 Å². The van der Waals surface area contributed by atoms with Crippen LogP contribution in [0.15, 0.2) is 64.4 Å². The predicted molar refractivity (Wildman–Crippen MR) is 83.6 cm³/mol. The van der Waals surface area contributed by atoms with E-state index in [1.54, 1.807) is 12.1 Å². The number of nitrogens with two attached hydrogens (primary N) is 1. The summed E-state index contributed by atoms with van der Waals surface area (Å²) >= 11 is 1.37. The summed E-state index contributed by atoms with van der Waals surface area (Å²) in [5.74, 6) is -0.108. The Morgan fingerprint density at radius 2 is 1.67 bits per heavy atom. The summed E-state index contributed by atoms with van der Waals surface area (Å²) in [6, 6.07) is 15.5. The lowest BCUT2D eigenvalue weighted by Crippen LogP contribution is -2.19. The van der Waals surface area contributed by atoms with Crippen molar-refractivity contribution in [3.05, 3.63) is 54.6 Å². The Kier molecular flexibility index (Phi) is 5.00. The first-order chi connectivity index (χ1) is 9.97. The lowest BCUT2D eigenvalue weighted by Gasteiger charge is -2.09. The number of nitrogens with one attached hydrogen (secondary N) is 1. The number of rotatable bonds is 5. The summed E-state index contributed by atoms with van der Waals surface area (Å²) in [7, 11) is -3.87. The largest absolute Gasteiger partial charge is 0.324 e. The molecule has 2 aromatic rings. The number of hydrogen-bond donors (Lipinski definition) is 2. The SMILES string of the molecule is NS(=O)(=O)c1ccccc1NC(=O)CSc1ccccc1. The van der Waals surface area contributed by atoms with Gasteiger partial charge < -0.3 is 5.32 Å². The molecule has 7 heteroatoms. The summed E-state index contributed by atoms with van der Waals surface area (Å²) in [5.41, 5.74) is 0.193. The van der Waals surface area contributed by atoms with Crippen molar-refractivity contribution in [2.75, 3.05) is 11.1 Å². The molecule has 0 aromatic heterocycles. The number of amides is 1. The van der Waals surface area contributed by atoms with Gasteiger partial charge in [-0.1, -0.05) is 30.3 Å². The first-order valence-electron chi connectivity index (χ1n) is 6.06. The van der Waals surface area contributed by atoms with Crippen LogP contribution >= 0.6 is 11.8 Å². The first-order valence-corrected chi connectivity index (χ1v) is 8.59. The summed E-state index contributed by atoms with van der Waals surface area (Å²) in [5, 5.41) is 7.68. The fourth-order valence-electron chi connectivity index (χ4n) is 1.67. The molecule has 21 heavy (non-hydrogen) atoms. The minimum Gasteiger partial charge on any atom is -0.324 e. The van der Waals surface area contributed by atoms with E-state index in [0.29, 0.717) is 0 Å². The van der Waals surface area contributed by atoms with Crippen LogP contribution in [-0.4, -0.2) is 20.1 Å². The second kappa shape index (κ2) is 6.75. The zero-order valence-corrected chi connectivity index (χ0v) is 12.7. The van der Waals surface area contributed by atoms with Gasteiger partial charge in [0.1, 0.15) is 4.90 Å². The van der Waals surface area contributed by atoms with Gasteiger partial charge in [0, 0.05) is 4.90 Å². The molecule has 0 unspecified atom stereocenters. The van der Waals surface area contributed by atoms with Gasteiger partial charge in [-0.3, -0.25) is 4.79 Å². The molecule has 0 bridgehead atoms. The average molecular weight is 322 g/mol. The summed E-state index contributed by atoms with van der Waals surface area (Å²) < 4.78 is 22.9. The molecule has 0 atom stereocenters. The molecule has 0 aliphatic heterocycles. The monoisotopic (exact) mass is 322 g/mol. The van der Waals surface area contributed by atoms with E-state index in [1.807, 2.05) is 30.3 Å². The third-order valence-corrected chi connectivity index (χ3v) is 4.56. The molecule has 2 aromatic carbocycles. The maximum atomic E-state index is 11.9. The van der Waals surface area contributed by atoms with Crippen molar-refractivity contribution in [2.24, 2.45) is 5.14 Å². The lowest BCUT2D eigenvalue weighted by molar-refractivity contribution is -0.113. The zero-order valence-electron chi connectivity index (χ0n) is 11.0. The fraction of sp³-hybridized carbons (Fsp3) is 0.0714. The summed E-state index contributed by atoms with van der Waals surface area (Å²) in [6.45, 7) is 0. The van der Waals surface area contributed by atoms with E-state index in [2.05, 4.69) is 5.32 Å². The number of benzene rings is 2. The fourth-order valence-corrected chi connectivity index (χ4v) is 3.08. The lowest BCUT2D eigenvalue weighted by atomic mass is 10.3. The number of anilines is 1. The van der Waals surface area contributed by atoms with Crippen LogP contribution in [0.25, 0.3) is 0 Å². The van der Waals surface area contributed by atoms with E-state index in [0.717, 1.165) is 4.90 Å². The molecule has 0 saturated heterocycles. The van der Waals surface area contributed by atoms with Crippen LogP contribution in [0.3, 0.4) is 0 Å². The van der Waals surface area contributed by atoms with E-state index in [9.17, 15) is 13.2 Å². The molecular weight excluding hydrogens is 308 g/mol. The van der Waals surface area contributed by atoms with Gasteiger partial charge in [-0.15, -0.1) is 11.8 Å². The molecule has 0 fully saturated rings. The van der Waals surface area contributed by atoms with Gasteiger partial charge in [0.2, 0.25) is 15.9 Å². The van der Waals surface area contributed by atoms with Gasteiger partial charge >= 0.3 is 0 Å². The molecule has 2 rings (SSSR count). The van der Waals surface area contributed by atoms with Crippen LogP contribution < -0.4 is 10.5 Å². The van der Waals surface area contributed by atoms with E-state index < -0.39 is 10.0 Å². The molecule has 3 N–H and O–H groups in total. The number of hydrogen-bond acceptors (Lipinski definition) is 4. The molecule has 5 nitrogen and oxygen atoms in total. The molecule has 1 amide bonds. The first kappa shape index (κ1) is 15.6. The Balaban J connectivity index is 2.04. The number of sulfonamides is 1. The molecule has 0 aliphatic rings. The standard InChI is InChI=1S/C14H14N2O3S2/c15-21(18,19)13-9-5-4-8-12(13)16-14(17)10-20-11-6-2-1-3-7-11/h1-9H,10H2,(H,16,17)(H2,15,18,19). The highest BCUT2D eigenvalue weighted by Gasteiger charge is 2.14. The maximum absolute atomic E-state index is 11.9. The van der Waals surface area contributed by atoms with Crippen molar-refractivity contribution < 1.29 is 13.2 Å². The summed E-state index contributed by atoms with van der Waals surface area (Å²) in [6.07, 6.45) is 0. The predicted octanol–water partition coefficient (Wildman–Crippen LogP) is 2.06. The molecule has 0 heterocycles. The van der Waals surface area contributed by atoms with Gasteiger partial charge in [0.25, 0.3) is 0 Å². The van der Waals surface area contributed by atoms with Gasteiger partial charge in [-0.05, 0) is 24.3 Å². The number of thioether (sulfide) groups is 1. The smallest absolute Gasteiger partial charge is 0.240 e. The number of carbonyl (C=O) groups excluding carboxylic acids is 1. The van der Waals surface area contributed by atoms with E-state index in [-0.39, 0.29) is 22.2 Å². The highest BCUT2D eigenvalue weighted by Crippen LogP contribution is 2.21. The Labute approximate surface area is 127 Å². The van der Waals surface area contributed by atoms with Gasteiger partial charge in [-0.2, -0.15) is 0 Å². The highest BCUT2D eigenvalue weighted by atomic mass is 32.2. The van der Waals surface area contributed by atoms with Gasteiger partial charge in [-0.25, -0.2) is 13.6 Å². The molecule has 0 radical (unpaired) electrons. The van der Waals surface area contributed by atoms with Crippen molar-refractivity contribution in [1.82, 2.24) is 0 Å². The van der Waals surface area contributed by atoms with Crippen LogP contribution in [-0.2, 0) is 14.8 Å². The van der Waals surface area contributed by atoms with Crippen molar-refractivity contribution in [2.45, 2.75) is 9.79 Å². The van der Waals surface area contributed by atoms with Crippen LogP contribution in [0, 0.1) is 0 Å². The third kappa shape index (κ3) is 4.59. The Morgan fingerprint density at radius 3 is 2.33 bits per heavy atom. The van der Waals surface area contributed by atoms with E-state index in [1.165, 1.54) is 23.9 Å². The highest BCUT2D eigenvalue weighted by molar-refractivity contribution is 8.00.